The van der Waals surface area contributed by atoms with Crippen molar-refractivity contribution in [2.24, 2.45) is 0 Å². The maximum absolute atomic E-state index is 13.3. The molecule has 2 aromatic carbocycles. The van der Waals surface area contributed by atoms with E-state index in [1.165, 1.54) is 4.68 Å². The summed E-state index contributed by atoms with van der Waals surface area (Å²) in [5, 5.41) is 28.2. The van der Waals surface area contributed by atoms with Gasteiger partial charge < -0.3 is 15.7 Å². The highest BCUT2D eigenvalue weighted by molar-refractivity contribution is 5.95. The van der Waals surface area contributed by atoms with E-state index < -0.39 is 12.0 Å². The molecule has 0 spiro atoms. The number of hydrogen-bond donors (Lipinski definition) is 3. The van der Waals surface area contributed by atoms with Crippen LogP contribution in [0.2, 0.25) is 0 Å². The molecule has 4 rings (SSSR count). The molecule has 0 fully saturated rings. The van der Waals surface area contributed by atoms with Gasteiger partial charge in [-0.3, -0.25) is 14.3 Å². The number of nitrogens with zero attached hydrogens (tertiary/aromatic N) is 4. The maximum Gasteiger partial charge on any atom is 0.325 e. The first-order valence-electron chi connectivity index (χ1n) is 11.7. The van der Waals surface area contributed by atoms with Gasteiger partial charge in [-0.05, 0) is 41.3 Å². The van der Waals surface area contributed by atoms with Crippen molar-refractivity contribution in [2.45, 2.75) is 25.4 Å². The summed E-state index contributed by atoms with van der Waals surface area (Å²) in [6.45, 7) is 2.39. The molecule has 4 aromatic rings. The number of nitrogens with one attached hydrogen (secondary N) is 2. The van der Waals surface area contributed by atoms with Crippen LogP contribution in [0.3, 0.4) is 0 Å². The van der Waals surface area contributed by atoms with Crippen LogP contribution >= 0.6 is 0 Å². The van der Waals surface area contributed by atoms with Crippen molar-refractivity contribution in [1.29, 1.82) is 5.26 Å². The summed E-state index contributed by atoms with van der Waals surface area (Å²) in [5.41, 5.74) is 3.99. The number of carbonyl (C=O) groups excluding carboxylic acids is 1. The Hall–Kier alpha value is -4.81. The second-order valence-corrected chi connectivity index (χ2v) is 8.63. The fourth-order valence-electron chi connectivity index (χ4n) is 3.88. The molecule has 1 amide bonds. The molecule has 0 bridgehead atoms. The zero-order valence-corrected chi connectivity index (χ0v) is 20.2. The number of nitriles is 1. The minimum atomic E-state index is -0.973. The summed E-state index contributed by atoms with van der Waals surface area (Å²) >= 11 is 0. The number of pyridine rings is 1. The van der Waals surface area contributed by atoms with E-state index in [2.05, 4.69) is 33.7 Å². The second kappa shape index (κ2) is 11.7. The third kappa shape index (κ3) is 6.66. The maximum atomic E-state index is 13.3. The summed E-state index contributed by atoms with van der Waals surface area (Å²) in [4.78, 5) is 28.5. The van der Waals surface area contributed by atoms with Crippen LogP contribution in [0.5, 0.6) is 0 Å². The fraction of sp³-hybridized carbons (Fsp3) is 0.179. The molecular formula is C28H26N6O3. The van der Waals surface area contributed by atoms with E-state index >= 15 is 0 Å². The Labute approximate surface area is 214 Å². The average Bonchev–Trinajstić information content (AvgIpc) is 3.37. The highest BCUT2D eigenvalue weighted by Gasteiger charge is 2.22. The molecule has 9 nitrogen and oxygen atoms in total. The van der Waals surface area contributed by atoms with Gasteiger partial charge in [0, 0.05) is 30.1 Å². The molecule has 37 heavy (non-hydrogen) atoms. The number of hydrogen-bond acceptors (Lipinski definition) is 6. The van der Waals surface area contributed by atoms with Gasteiger partial charge in [-0.2, -0.15) is 10.4 Å². The molecule has 2 aromatic heterocycles. The Balaban J connectivity index is 1.44. The van der Waals surface area contributed by atoms with Crippen LogP contribution in [0.15, 0.2) is 85.3 Å². The first kappa shape index (κ1) is 25.3. The monoisotopic (exact) mass is 494 g/mol. The van der Waals surface area contributed by atoms with E-state index in [9.17, 15) is 9.59 Å². The largest absolute Gasteiger partial charge is 0.480 e. The Morgan fingerprint density at radius 2 is 1.76 bits per heavy atom. The quantitative estimate of drug-likeness (QED) is 0.304. The van der Waals surface area contributed by atoms with Gasteiger partial charge in [0.2, 0.25) is 5.91 Å². The molecule has 0 radical (unpaired) electrons. The van der Waals surface area contributed by atoms with E-state index in [0.29, 0.717) is 17.9 Å². The van der Waals surface area contributed by atoms with Gasteiger partial charge in [0.1, 0.15) is 18.4 Å². The molecule has 0 saturated carbocycles. The highest BCUT2D eigenvalue weighted by atomic mass is 16.4. The SMILES string of the molecule is C[C@H](CNC(C(=O)Nc1ccc(-c2cnn(CC(=O)O)c2)cn1)c1ccccc1)c1ccc(C#N)cc1. The topological polar surface area (TPSA) is 133 Å². The fourth-order valence-corrected chi connectivity index (χ4v) is 3.88. The summed E-state index contributed by atoms with van der Waals surface area (Å²) in [6.07, 6.45) is 4.81. The normalized spacial score (nSPS) is 12.3. The van der Waals surface area contributed by atoms with Crippen molar-refractivity contribution in [3.63, 3.8) is 0 Å². The van der Waals surface area contributed by atoms with Crippen molar-refractivity contribution < 1.29 is 14.7 Å². The molecule has 2 heterocycles. The van der Waals surface area contributed by atoms with Crippen LogP contribution in [-0.4, -0.2) is 38.3 Å². The van der Waals surface area contributed by atoms with E-state index in [1.807, 2.05) is 42.5 Å². The molecule has 186 valence electrons. The van der Waals surface area contributed by atoms with Crippen LogP contribution in [-0.2, 0) is 16.1 Å². The Morgan fingerprint density at radius 1 is 1.00 bits per heavy atom. The lowest BCUT2D eigenvalue weighted by Crippen LogP contribution is -2.35. The Morgan fingerprint density at radius 3 is 2.41 bits per heavy atom. The summed E-state index contributed by atoms with van der Waals surface area (Å²) in [7, 11) is 0. The van der Waals surface area contributed by atoms with Crippen LogP contribution in [0.4, 0.5) is 5.82 Å². The molecule has 0 aliphatic carbocycles. The lowest BCUT2D eigenvalue weighted by atomic mass is 9.98. The minimum absolute atomic E-state index is 0.117. The zero-order valence-electron chi connectivity index (χ0n) is 20.2. The minimum Gasteiger partial charge on any atom is -0.480 e. The van der Waals surface area contributed by atoms with Gasteiger partial charge in [0.25, 0.3) is 0 Å². The van der Waals surface area contributed by atoms with Crippen molar-refractivity contribution in [3.05, 3.63) is 102 Å². The smallest absolute Gasteiger partial charge is 0.325 e. The van der Waals surface area contributed by atoms with E-state index in [0.717, 1.165) is 22.3 Å². The lowest BCUT2D eigenvalue weighted by molar-refractivity contribution is -0.137. The molecule has 9 heteroatoms. The zero-order chi connectivity index (χ0) is 26.2. The summed E-state index contributed by atoms with van der Waals surface area (Å²) in [5.74, 6) is -0.702. The van der Waals surface area contributed by atoms with Crippen LogP contribution < -0.4 is 10.6 Å². The van der Waals surface area contributed by atoms with Gasteiger partial charge in [0.15, 0.2) is 0 Å². The molecule has 3 N–H and O–H groups in total. The first-order valence-corrected chi connectivity index (χ1v) is 11.7. The average molecular weight is 495 g/mol. The van der Waals surface area contributed by atoms with E-state index in [1.54, 1.807) is 42.9 Å². The number of carboxylic acids is 1. The predicted octanol–water partition coefficient (Wildman–Crippen LogP) is 3.97. The van der Waals surface area contributed by atoms with Crippen LogP contribution in [0.25, 0.3) is 11.1 Å². The van der Waals surface area contributed by atoms with Crippen molar-refractivity contribution in [1.82, 2.24) is 20.1 Å². The van der Waals surface area contributed by atoms with Crippen LogP contribution in [0, 0.1) is 11.3 Å². The standard InChI is InChI=1S/C28H26N6O3/c1-19(21-9-7-20(13-29)8-10-21)14-31-27(22-5-3-2-4-6-22)28(37)33-25-12-11-23(15-30-25)24-16-32-34(17-24)18-26(35)36/h2-12,15-17,19,27,31H,14,18H2,1H3,(H,35,36)(H,30,33,37)/t19-,27?/m1/s1. The molecule has 0 saturated heterocycles. The molecule has 0 aliphatic heterocycles. The number of aromatic nitrogens is 3. The van der Waals surface area contributed by atoms with Gasteiger partial charge in [0.05, 0.1) is 17.8 Å². The van der Waals surface area contributed by atoms with Gasteiger partial charge in [-0.1, -0.05) is 49.4 Å². The summed E-state index contributed by atoms with van der Waals surface area (Å²) < 4.78 is 1.34. The second-order valence-electron chi connectivity index (χ2n) is 8.63. The number of amides is 1. The first-order chi connectivity index (χ1) is 17.9. The number of benzene rings is 2. The molecular weight excluding hydrogens is 468 g/mol. The number of anilines is 1. The molecule has 0 aliphatic rings. The van der Waals surface area contributed by atoms with Gasteiger partial charge in [-0.25, -0.2) is 4.98 Å². The predicted molar refractivity (Wildman–Crippen MR) is 138 cm³/mol. The van der Waals surface area contributed by atoms with E-state index in [-0.39, 0.29) is 18.4 Å². The van der Waals surface area contributed by atoms with E-state index in [4.69, 9.17) is 10.4 Å². The summed E-state index contributed by atoms with van der Waals surface area (Å²) in [6, 6.07) is 21.9. The lowest BCUT2D eigenvalue weighted by Gasteiger charge is -2.21. The highest BCUT2D eigenvalue weighted by Crippen LogP contribution is 2.22. The number of carbonyl (C=O) groups is 2. The number of rotatable bonds is 10. The number of carboxylic acid groups (broad SMARTS) is 1. The molecule has 2 atom stereocenters. The van der Waals surface area contributed by atoms with Crippen molar-refractivity contribution in [3.8, 4) is 17.2 Å². The Bertz CT molecular complexity index is 1390. The van der Waals surface area contributed by atoms with Gasteiger partial charge in [-0.15, -0.1) is 0 Å². The molecule has 1 unspecified atom stereocenters. The van der Waals surface area contributed by atoms with Crippen molar-refractivity contribution >= 4 is 17.7 Å². The number of aliphatic carboxylic acids is 1. The third-order valence-corrected chi connectivity index (χ3v) is 5.91. The van der Waals surface area contributed by atoms with Crippen LogP contribution in [0.1, 0.15) is 35.6 Å². The Kier molecular flexibility index (Phi) is 8.03. The third-order valence-electron chi connectivity index (χ3n) is 5.91. The van der Waals surface area contributed by atoms with Gasteiger partial charge >= 0.3 is 5.97 Å². The van der Waals surface area contributed by atoms with Crippen molar-refractivity contribution in [2.75, 3.05) is 11.9 Å².